The van der Waals surface area contributed by atoms with Crippen molar-refractivity contribution in [3.05, 3.63) is 59.7 Å². The fourth-order valence-electron chi connectivity index (χ4n) is 2.56. The summed E-state index contributed by atoms with van der Waals surface area (Å²) in [6, 6.07) is 4.74. The zero-order valence-corrected chi connectivity index (χ0v) is 12.2. The van der Waals surface area contributed by atoms with Gasteiger partial charge in [0.1, 0.15) is 23.6 Å². The molecule has 0 saturated heterocycles. The molecule has 0 unspecified atom stereocenters. The van der Waals surface area contributed by atoms with E-state index in [1.165, 1.54) is 23.3 Å². The molecule has 3 rings (SSSR count). The summed E-state index contributed by atoms with van der Waals surface area (Å²) in [7, 11) is 0. The molecule has 0 fully saturated rings. The third-order valence-corrected chi connectivity index (χ3v) is 3.90. The molecule has 1 aromatic carbocycles. The third kappa shape index (κ3) is 2.82. The average molecular weight is 320 g/mol. The van der Waals surface area contributed by atoms with Crippen LogP contribution in [0.5, 0.6) is 0 Å². The van der Waals surface area contributed by atoms with Crippen LogP contribution >= 0.6 is 0 Å². The number of aromatic nitrogens is 6. The molecule has 0 aliphatic carbocycles. The quantitative estimate of drug-likeness (QED) is 0.740. The highest BCUT2D eigenvalue weighted by Gasteiger charge is 2.40. The number of nitrogens with zero attached hydrogens (tertiary/aromatic N) is 5. The van der Waals surface area contributed by atoms with Gasteiger partial charge in [0.15, 0.2) is 0 Å². The standard InChI is InChI=1S/C14H14F2N6O/c1-9(13-4-5-17-19-13)14(23,7-22-8-18-20-21-22)11-3-2-10(15)6-12(11)16/h2-6,8-9,23H,7H2,1H3,(H,17,19)/t9-,14+/m0/s1. The molecular formula is C14H14F2N6O. The van der Waals surface area contributed by atoms with Crippen molar-refractivity contribution in [2.45, 2.75) is 25.0 Å². The summed E-state index contributed by atoms with van der Waals surface area (Å²) in [6.45, 7) is 1.60. The fourth-order valence-corrected chi connectivity index (χ4v) is 2.56. The van der Waals surface area contributed by atoms with Gasteiger partial charge in [-0.3, -0.25) is 5.10 Å². The van der Waals surface area contributed by atoms with Gasteiger partial charge in [0.05, 0.1) is 6.54 Å². The van der Waals surface area contributed by atoms with Gasteiger partial charge in [0.2, 0.25) is 0 Å². The second-order valence-corrected chi connectivity index (χ2v) is 5.29. The number of hydrogen-bond acceptors (Lipinski definition) is 5. The lowest BCUT2D eigenvalue weighted by molar-refractivity contribution is -0.0127. The number of hydrogen-bond donors (Lipinski definition) is 2. The zero-order valence-electron chi connectivity index (χ0n) is 12.2. The van der Waals surface area contributed by atoms with E-state index in [-0.39, 0.29) is 12.1 Å². The topological polar surface area (TPSA) is 92.5 Å². The summed E-state index contributed by atoms with van der Waals surface area (Å²) in [6.07, 6.45) is 2.84. The number of tetrazole rings is 1. The van der Waals surface area contributed by atoms with Crippen LogP contribution in [0.3, 0.4) is 0 Å². The second kappa shape index (κ2) is 5.84. The van der Waals surface area contributed by atoms with Crippen molar-refractivity contribution in [2.75, 3.05) is 0 Å². The summed E-state index contributed by atoms with van der Waals surface area (Å²) in [4.78, 5) is 0. The van der Waals surface area contributed by atoms with Gasteiger partial charge in [-0.05, 0) is 22.6 Å². The van der Waals surface area contributed by atoms with Crippen LogP contribution in [-0.2, 0) is 12.1 Å². The number of aliphatic hydroxyl groups is 1. The van der Waals surface area contributed by atoms with E-state index < -0.39 is 23.2 Å². The van der Waals surface area contributed by atoms with Gasteiger partial charge in [-0.2, -0.15) is 5.10 Å². The van der Waals surface area contributed by atoms with Crippen molar-refractivity contribution < 1.29 is 13.9 Å². The summed E-state index contributed by atoms with van der Waals surface area (Å²) in [5.41, 5.74) is -1.15. The molecule has 9 heteroatoms. The predicted octanol–water partition coefficient (Wildman–Crippen LogP) is 1.37. The molecule has 2 atom stereocenters. The first-order valence-corrected chi connectivity index (χ1v) is 6.88. The molecule has 23 heavy (non-hydrogen) atoms. The maximum atomic E-state index is 14.3. The van der Waals surface area contributed by atoms with Crippen molar-refractivity contribution in [1.29, 1.82) is 0 Å². The molecule has 0 amide bonds. The minimum atomic E-state index is -1.71. The Balaban J connectivity index is 2.08. The zero-order chi connectivity index (χ0) is 16.4. The number of H-pyrrole nitrogens is 1. The Kier molecular flexibility index (Phi) is 3.87. The molecular weight excluding hydrogens is 306 g/mol. The van der Waals surface area contributed by atoms with Gasteiger partial charge >= 0.3 is 0 Å². The first-order valence-electron chi connectivity index (χ1n) is 6.88. The van der Waals surface area contributed by atoms with Crippen LogP contribution in [0.15, 0.2) is 36.8 Å². The largest absolute Gasteiger partial charge is 0.382 e. The Hall–Kier alpha value is -2.68. The van der Waals surface area contributed by atoms with E-state index in [2.05, 4.69) is 25.7 Å². The molecule has 0 saturated carbocycles. The van der Waals surface area contributed by atoms with Crippen molar-refractivity contribution in [1.82, 2.24) is 30.4 Å². The molecule has 120 valence electrons. The molecule has 2 N–H and O–H groups in total. The van der Waals surface area contributed by atoms with Crippen molar-refractivity contribution in [3.8, 4) is 0 Å². The Morgan fingerprint density at radius 1 is 1.35 bits per heavy atom. The van der Waals surface area contributed by atoms with Crippen LogP contribution in [-0.4, -0.2) is 35.5 Å². The number of benzene rings is 1. The highest BCUT2D eigenvalue weighted by atomic mass is 19.1. The highest BCUT2D eigenvalue weighted by molar-refractivity contribution is 5.29. The first kappa shape index (κ1) is 15.2. The maximum absolute atomic E-state index is 14.3. The molecule has 0 radical (unpaired) electrons. The number of halogens is 2. The van der Waals surface area contributed by atoms with Gasteiger partial charge < -0.3 is 5.11 Å². The normalized spacial score (nSPS) is 15.3. The van der Waals surface area contributed by atoms with E-state index in [9.17, 15) is 13.9 Å². The Bertz CT molecular complexity index is 777. The Morgan fingerprint density at radius 2 is 2.17 bits per heavy atom. The lowest BCUT2D eigenvalue weighted by Gasteiger charge is -2.34. The van der Waals surface area contributed by atoms with E-state index in [1.807, 2.05) is 0 Å². The van der Waals surface area contributed by atoms with Crippen LogP contribution < -0.4 is 0 Å². The second-order valence-electron chi connectivity index (χ2n) is 5.29. The van der Waals surface area contributed by atoms with Gasteiger partial charge in [-0.1, -0.05) is 13.0 Å². The molecule has 2 heterocycles. The lowest BCUT2D eigenvalue weighted by Crippen LogP contribution is -2.38. The highest BCUT2D eigenvalue weighted by Crippen LogP contribution is 2.38. The van der Waals surface area contributed by atoms with Crippen LogP contribution in [0.1, 0.15) is 24.1 Å². The smallest absolute Gasteiger partial charge is 0.138 e. The molecule has 0 aliphatic rings. The van der Waals surface area contributed by atoms with E-state index in [0.717, 1.165) is 12.1 Å². The average Bonchev–Trinajstić information content (AvgIpc) is 3.19. The van der Waals surface area contributed by atoms with Gasteiger partial charge in [-0.15, -0.1) is 5.10 Å². The van der Waals surface area contributed by atoms with E-state index in [0.29, 0.717) is 5.69 Å². The summed E-state index contributed by atoms with van der Waals surface area (Å²) in [5.74, 6) is -2.13. The maximum Gasteiger partial charge on any atom is 0.138 e. The van der Waals surface area contributed by atoms with Crippen LogP contribution in [0.25, 0.3) is 0 Å². The predicted molar refractivity (Wildman–Crippen MR) is 75.1 cm³/mol. The molecule has 7 nitrogen and oxygen atoms in total. The lowest BCUT2D eigenvalue weighted by atomic mass is 9.80. The molecule has 0 spiro atoms. The first-order chi connectivity index (χ1) is 11.0. The van der Waals surface area contributed by atoms with Crippen LogP contribution in [0, 0.1) is 11.6 Å². The molecule has 3 aromatic rings. The van der Waals surface area contributed by atoms with Gasteiger partial charge in [0.25, 0.3) is 0 Å². The van der Waals surface area contributed by atoms with Crippen molar-refractivity contribution in [3.63, 3.8) is 0 Å². The SMILES string of the molecule is C[C@@H](c1ccn[nH]1)[C@](O)(Cn1cnnn1)c1ccc(F)cc1F. The fraction of sp³-hybridized carbons (Fsp3) is 0.286. The molecule has 0 bridgehead atoms. The van der Waals surface area contributed by atoms with Crippen molar-refractivity contribution in [2.24, 2.45) is 0 Å². The number of rotatable bonds is 5. The van der Waals surface area contributed by atoms with E-state index >= 15 is 0 Å². The monoisotopic (exact) mass is 320 g/mol. The summed E-state index contributed by atoms with van der Waals surface area (Å²) in [5, 5.41) is 28.6. The van der Waals surface area contributed by atoms with Crippen LogP contribution in [0.4, 0.5) is 8.78 Å². The van der Waals surface area contributed by atoms with Crippen LogP contribution in [0.2, 0.25) is 0 Å². The molecule has 0 aliphatic heterocycles. The van der Waals surface area contributed by atoms with Crippen molar-refractivity contribution >= 4 is 0 Å². The van der Waals surface area contributed by atoms with E-state index in [4.69, 9.17) is 0 Å². The Morgan fingerprint density at radius 3 is 2.78 bits per heavy atom. The molecule has 2 aromatic heterocycles. The number of nitrogens with one attached hydrogen (secondary N) is 1. The summed E-state index contributed by atoms with van der Waals surface area (Å²) >= 11 is 0. The number of aromatic amines is 1. The third-order valence-electron chi connectivity index (χ3n) is 3.90. The van der Waals surface area contributed by atoms with Gasteiger partial charge in [-0.25, -0.2) is 13.5 Å². The van der Waals surface area contributed by atoms with E-state index in [1.54, 1.807) is 13.0 Å². The Labute approximate surface area is 130 Å². The minimum absolute atomic E-state index is 0.0449. The van der Waals surface area contributed by atoms with Gasteiger partial charge in [0, 0.05) is 29.4 Å². The summed E-state index contributed by atoms with van der Waals surface area (Å²) < 4.78 is 28.8. The minimum Gasteiger partial charge on any atom is -0.382 e.